The molecule has 0 bridgehead atoms. The SMILES string of the molecule is CC1=NC(C(=O)O)=C(O)C(=O)C1. The first-order valence-electron chi connectivity index (χ1n) is 3.26. The molecule has 0 saturated carbocycles. The van der Waals surface area contributed by atoms with Crippen molar-refractivity contribution < 1.29 is 19.8 Å². The lowest BCUT2D eigenvalue weighted by atomic mass is 10.1. The minimum Gasteiger partial charge on any atom is -0.503 e. The number of carboxylic acids is 1. The van der Waals surface area contributed by atoms with Crippen molar-refractivity contribution >= 4 is 17.5 Å². The van der Waals surface area contributed by atoms with Crippen LogP contribution in [0.15, 0.2) is 16.4 Å². The Morgan fingerprint density at radius 2 is 2.17 bits per heavy atom. The van der Waals surface area contributed by atoms with Gasteiger partial charge in [-0.25, -0.2) is 9.79 Å². The van der Waals surface area contributed by atoms with E-state index in [2.05, 4.69) is 4.99 Å². The van der Waals surface area contributed by atoms with Gasteiger partial charge in [0.1, 0.15) is 0 Å². The summed E-state index contributed by atoms with van der Waals surface area (Å²) in [4.78, 5) is 24.8. The molecule has 12 heavy (non-hydrogen) atoms. The number of Topliss-reactive ketones (excluding diaryl/α,β-unsaturated/α-hetero) is 1. The molecule has 0 radical (unpaired) electrons. The minimum absolute atomic E-state index is 0.0113. The van der Waals surface area contributed by atoms with Gasteiger partial charge in [-0.15, -0.1) is 0 Å². The molecule has 1 aliphatic rings. The monoisotopic (exact) mass is 169 g/mol. The molecular weight excluding hydrogens is 162 g/mol. The highest BCUT2D eigenvalue weighted by atomic mass is 16.4. The lowest BCUT2D eigenvalue weighted by molar-refractivity contribution is -0.133. The molecular formula is C7H7NO4. The summed E-state index contributed by atoms with van der Waals surface area (Å²) < 4.78 is 0. The molecule has 0 atom stereocenters. The smallest absolute Gasteiger partial charge is 0.358 e. The summed E-state index contributed by atoms with van der Waals surface area (Å²) in [5, 5.41) is 17.4. The Kier molecular flexibility index (Phi) is 1.95. The maximum absolute atomic E-state index is 10.9. The molecule has 0 aromatic heterocycles. The van der Waals surface area contributed by atoms with Crippen LogP contribution in [-0.4, -0.2) is 27.7 Å². The fourth-order valence-corrected chi connectivity index (χ4v) is 0.881. The Hall–Kier alpha value is -1.65. The first-order valence-corrected chi connectivity index (χ1v) is 3.26. The largest absolute Gasteiger partial charge is 0.503 e. The van der Waals surface area contributed by atoms with Crippen molar-refractivity contribution in [2.45, 2.75) is 13.3 Å². The number of allylic oxidation sites excluding steroid dienone is 1. The zero-order chi connectivity index (χ0) is 9.30. The third-order valence-electron chi connectivity index (χ3n) is 1.41. The second-order valence-electron chi connectivity index (χ2n) is 2.45. The van der Waals surface area contributed by atoms with Crippen LogP contribution in [0.3, 0.4) is 0 Å². The van der Waals surface area contributed by atoms with Gasteiger partial charge in [0.2, 0.25) is 5.78 Å². The number of aliphatic hydroxyl groups excluding tert-OH is 1. The number of carboxylic acid groups (broad SMARTS) is 1. The van der Waals surface area contributed by atoms with Gasteiger partial charge in [0.25, 0.3) is 0 Å². The zero-order valence-corrected chi connectivity index (χ0v) is 6.37. The number of aliphatic carboxylic acids is 1. The molecule has 1 heterocycles. The zero-order valence-electron chi connectivity index (χ0n) is 6.37. The number of nitrogens with zero attached hydrogens (tertiary/aromatic N) is 1. The molecule has 5 nitrogen and oxygen atoms in total. The van der Waals surface area contributed by atoms with E-state index in [1.807, 2.05) is 0 Å². The number of hydrogen-bond donors (Lipinski definition) is 2. The summed E-state index contributed by atoms with van der Waals surface area (Å²) in [6.07, 6.45) is -0.0113. The van der Waals surface area contributed by atoms with Crippen molar-refractivity contribution in [3.63, 3.8) is 0 Å². The van der Waals surface area contributed by atoms with Crippen molar-refractivity contribution in [1.82, 2.24) is 0 Å². The van der Waals surface area contributed by atoms with Crippen LogP contribution in [0.2, 0.25) is 0 Å². The lowest BCUT2D eigenvalue weighted by Crippen LogP contribution is -2.18. The van der Waals surface area contributed by atoms with E-state index >= 15 is 0 Å². The van der Waals surface area contributed by atoms with Gasteiger partial charge in [0.05, 0.1) is 6.42 Å². The van der Waals surface area contributed by atoms with Gasteiger partial charge in [-0.1, -0.05) is 0 Å². The van der Waals surface area contributed by atoms with E-state index in [1.54, 1.807) is 0 Å². The predicted octanol–water partition coefficient (Wildman–Crippen LogP) is 0.274. The Morgan fingerprint density at radius 1 is 1.58 bits per heavy atom. The normalized spacial score (nSPS) is 17.8. The van der Waals surface area contributed by atoms with Crippen LogP contribution >= 0.6 is 0 Å². The molecule has 0 aromatic rings. The Morgan fingerprint density at radius 3 is 2.67 bits per heavy atom. The summed E-state index contributed by atoms with van der Waals surface area (Å²) in [6, 6.07) is 0. The van der Waals surface area contributed by atoms with Crippen molar-refractivity contribution in [3.05, 3.63) is 11.5 Å². The molecule has 0 spiro atoms. The Balaban J connectivity index is 3.17. The quantitative estimate of drug-likeness (QED) is 0.590. The highest BCUT2D eigenvalue weighted by Crippen LogP contribution is 2.13. The van der Waals surface area contributed by atoms with Gasteiger partial charge >= 0.3 is 5.97 Å². The molecule has 0 saturated heterocycles. The van der Waals surface area contributed by atoms with E-state index in [1.165, 1.54) is 6.92 Å². The molecule has 0 unspecified atom stereocenters. The molecule has 2 N–H and O–H groups in total. The highest BCUT2D eigenvalue weighted by Gasteiger charge is 2.24. The number of aliphatic imine (C=N–C) groups is 1. The molecule has 0 fully saturated rings. The number of carbonyl (C=O) groups is 2. The minimum atomic E-state index is -1.39. The van der Waals surface area contributed by atoms with E-state index in [0.717, 1.165) is 0 Å². The van der Waals surface area contributed by atoms with Crippen LogP contribution in [0.4, 0.5) is 0 Å². The van der Waals surface area contributed by atoms with E-state index in [-0.39, 0.29) is 6.42 Å². The van der Waals surface area contributed by atoms with Gasteiger partial charge in [0.15, 0.2) is 11.5 Å². The lowest BCUT2D eigenvalue weighted by Gasteiger charge is -2.08. The molecule has 5 heteroatoms. The van der Waals surface area contributed by atoms with Crippen molar-refractivity contribution in [2.24, 2.45) is 4.99 Å². The van der Waals surface area contributed by atoms with Gasteiger partial charge in [-0.3, -0.25) is 4.79 Å². The van der Waals surface area contributed by atoms with Crippen molar-refractivity contribution in [3.8, 4) is 0 Å². The van der Waals surface area contributed by atoms with Crippen molar-refractivity contribution in [2.75, 3.05) is 0 Å². The summed E-state index contributed by atoms with van der Waals surface area (Å²) in [6.45, 7) is 1.54. The van der Waals surface area contributed by atoms with Crippen LogP contribution in [-0.2, 0) is 9.59 Å². The Bertz CT molecular complexity index is 313. The molecule has 64 valence electrons. The average Bonchev–Trinajstić information content (AvgIpc) is 1.96. The predicted molar refractivity (Wildman–Crippen MR) is 40.0 cm³/mol. The fourth-order valence-electron chi connectivity index (χ4n) is 0.881. The van der Waals surface area contributed by atoms with Crippen LogP contribution in [0, 0.1) is 0 Å². The van der Waals surface area contributed by atoms with Gasteiger partial charge in [-0.05, 0) is 6.92 Å². The van der Waals surface area contributed by atoms with E-state index in [9.17, 15) is 9.59 Å². The number of carbonyl (C=O) groups excluding carboxylic acids is 1. The molecule has 0 aromatic carbocycles. The van der Waals surface area contributed by atoms with E-state index in [4.69, 9.17) is 10.2 Å². The highest BCUT2D eigenvalue weighted by molar-refractivity contribution is 6.14. The number of aliphatic hydroxyl groups is 1. The van der Waals surface area contributed by atoms with E-state index < -0.39 is 23.2 Å². The maximum atomic E-state index is 10.9. The van der Waals surface area contributed by atoms with Crippen LogP contribution in [0.1, 0.15) is 13.3 Å². The van der Waals surface area contributed by atoms with Gasteiger partial charge in [0, 0.05) is 5.71 Å². The first kappa shape index (κ1) is 8.45. The first-order chi connectivity index (χ1) is 5.52. The molecule has 0 aliphatic carbocycles. The molecule has 1 aliphatic heterocycles. The summed E-state index contributed by atoms with van der Waals surface area (Å²) in [5.74, 6) is -2.74. The van der Waals surface area contributed by atoms with Gasteiger partial charge in [-0.2, -0.15) is 0 Å². The second kappa shape index (κ2) is 2.77. The average molecular weight is 169 g/mol. The number of rotatable bonds is 1. The topological polar surface area (TPSA) is 87.0 Å². The Labute approximate surface area is 68.0 Å². The third kappa shape index (κ3) is 1.34. The third-order valence-corrected chi connectivity index (χ3v) is 1.41. The summed E-state index contributed by atoms with van der Waals surface area (Å²) in [5.41, 5.74) is -0.168. The molecule has 1 rings (SSSR count). The van der Waals surface area contributed by atoms with E-state index in [0.29, 0.717) is 5.71 Å². The summed E-state index contributed by atoms with van der Waals surface area (Å²) >= 11 is 0. The summed E-state index contributed by atoms with van der Waals surface area (Å²) in [7, 11) is 0. The van der Waals surface area contributed by atoms with Crippen LogP contribution in [0.25, 0.3) is 0 Å². The second-order valence-corrected chi connectivity index (χ2v) is 2.45. The molecule has 0 amide bonds. The van der Waals surface area contributed by atoms with Crippen LogP contribution in [0.5, 0.6) is 0 Å². The van der Waals surface area contributed by atoms with Gasteiger partial charge < -0.3 is 10.2 Å². The standard InChI is InChI=1S/C7H7NO4/c1-3-2-4(9)6(10)5(8-3)7(11)12/h10H,2H2,1H3,(H,11,12). The van der Waals surface area contributed by atoms with Crippen LogP contribution < -0.4 is 0 Å². The maximum Gasteiger partial charge on any atom is 0.358 e. The van der Waals surface area contributed by atoms with Crippen molar-refractivity contribution in [1.29, 1.82) is 0 Å². The number of hydrogen-bond acceptors (Lipinski definition) is 4. The number of ketones is 1. The fraction of sp³-hybridized carbons (Fsp3) is 0.286.